The van der Waals surface area contributed by atoms with Crippen molar-refractivity contribution in [2.75, 3.05) is 31.2 Å². The summed E-state index contributed by atoms with van der Waals surface area (Å²) in [6.45, 7) is 8.08. The summed E-state index contributed by atoms with van der Waals surface area (Å²) in [5.74, 6) is 0.0466. The molecule has 7 heteroatoms. The second-order valence-electron chi connectivity index (χ2n) is 5.78. The van der Waals surface area contributed by atoms with Crippen LogP contribution in [0.4, 0.5) is 6.01 Å². The Morgan fingerprint density at radius 3 is 2.96 bits per heavy atom. The topological polar surface area (TPSA) is 90.8 Å². The van der Waals surface area contributed by atoms with Gasteiger partial charge in [-0.25, -0.2) is 4.79 Å². The van der Waals surface area contributed by atoms with Crippen LogP contribution in [0.2, 0.25) is 0 Å². The molecule has 1 aromatic heterocycles. The van der Waals surface area contributed by atoms with Gasteiger partial charge in [0, 0.05) is 19.2 Å². The zero-order valence-corrected chi connectivity index (χ0v) is 14.2. The first-order valence-corrected chi connectivity index (χ1v) is 8.33. The number of carbonyl (C=O) groups excluding carboxylic acids is 1. The molecule has 0 aromatic carbocycles. The molecule has 1 fully saturated rings. The summed E-state index contributed by atoms with van der Waals surface area (Å²) in [6.07, 6.45) is 2.56. The number of rotatable bonds is 7. The molecule has 1 saturated heterocycles. The van der Waals surface area contributed by atoms with Crippen molar-refractivity contribution in [1.29, 1.82) is 0 Å². The van der Waals surface area contributed by atoms with Gasteiger partial charge in [-0.3, -0.25) is 0 Å². The first-order valence-electron chi connectivity index (χ1n) is 8.33. The van der Waals surface area contributed by atoms with Crippen LogP contribution in [0.5, 0.6) is 0 Å². The van der Waals surface area contributed by atoms with Gasteiger partial charge in [-0.15, -0.1) is 0 Å². The number of aryl methyl sites for hydroxylation is 1. The third-order valence-electron chi connectivity index (χ3n) is 3.97. The second kappa shape index (κ2) is 8.31. The quantitative estimate of drug-likeness (QED) is 0.604. The Morgan fingerprint density at radius 2 is 2.26 bits per heavy atom. The normalized spacial score (nSPS) is 21.5. The number of nitrogens with zero attached hydrogens (tertiary/aromatic N) is 2. The van der Waals surface area contributed by atoms with Crippen LogP contribution in [0.3, 0.4) is 0 Å². The van der Waals surface area contributed by atoms with E-state index in [1.807, 2.05) is 18.7 Å². The van der Waals surface area contributed by atoms with Gasteiger partial charge >= 0.3 is 5.97 Å². The van der Waals surface area contributed by atoms with Crippen LogP contribution in [-0.2, 0) is 9.47 Å². The molecule has 0 spiro atoms. The monoisotopic (exact) mass is 325 g/mol. The Hall–Kier alpha value is -1.60. The molecule has 23 heavy (non-hydrogen) atoms. The maximum Gasteiger partial charge on any atom is 0.360 e. The number of unbranched alkanes of at least 4 members (excludes halogenated alkanes) is 1. The molecule has 0 radical (unpaired) electrons. The highest BCUT2D eigenvalue weighted by atomic mass is 16.5. The standard InChI is InChI=1S/C16H27N3O4/c1-4-6-9-22-15(20)14-11(3)23-16(18-14)19-8-7-12(17)13(10-19)21-5-2/h12-13H,4-10,17H2,1-3H3/t12-,13+/m1/s1. The highest BCUT2D eigenvalue weighted by molar-refractivity contribution is 5.88. The molecule has 0 unspecified atom stereocenters. The van der Waals surface area contributed by atoms with E-state index in [0.717, 1.165) is 25.8 Å². The van der Waals surface area contributed by atoms with Gasteiger partial charge < -0.3 is 24.5 Å². The molecule has 130 valence electrons. The third-order valence-corrected chi connectivity index (χ3v) is 3.97. The highest BCUT2D eigenvalue weighted by Gasteiger charge is 2.30. The minimum absolute atomic E-state index is 0.0146. The molecule has 1 aliphatic heterocycles. The molecule has 1 aromatic rings. The Labute approximate surface area is 137 Å². The number of oxazole rings is 1. The molecule has 2 N–H and O–H groups in total. The number of hydrogen-bond donors (Lipinski definition) is 1. The Morgan fingerprint density at radius 1 is 1.48 bits per heavy atom. The number of carbonyl (C=O) groups is 1. The lowest BCUT2D eigenvalue weighted by Crippen LogP contribution is -2.52. The molecular formula is C16H27N3O4. The van der Waals surface area contributed by atoms with E-state index in [-0.39, 0.29) is 17.8 Å². The minimum atomic E-state index is -0.430. The van der Waals surface area contributed by atoms with E-state index in [0.29, 0.717) is 31.5 Å². The lowest BCUT2D eigenvalue weighted by molar-refractivity contribution is 0.0379. The Kier molecular flexibility index (Phi) is 6.41. The van der Waals surface area contributed by atoms with Crippen molar-refractivity contribution in [3.63, 3.8) is 0 Å². The number of piperidine rings is 1. The lowest BCUT2D eigenvalue weighted by Gasteiger charge is -2.35. The first kappa shape index (κ1) is 17.7. The van der Waals surface area contributed by atoms with Gasteiger partial charge in [-0.1, -0.05) is 13.3 Å². The molecule has 0 bridgehead atoms. The molecule has 0 aliphatic carbocycles. The number of hydrogen-bond acceptors (Lipinski definition) is 7. The SMILES string of the molecule is CCCCOC(=O)c1nc(N2CC[C@@H](N)[C@@H](OCC)C2)oc1C. The van der Waals surface area contributed by atoms with Gasteiger partial charge in [0.1, 0.15) is 5.76 Å². The van der Waals surface area contributed by atoms with Crippen LogP contribution in [0.15, 0.2) is 4.42 Å². The van der Waals surface area contributed by atoms with Crippen LogP contribution < -0.4 is 10.6 Å². The summed E-state index contributed by atoms with van der Waals surface area (Å²) in [4.78, 5) is 18.3. The predicted octanol–water partition coefficient (Wildman–Crippen LogP) is 1.88. The smallest absolute Gasteiger partial charge is 0.360 e. The highest BCUT2D eigenvalue weighted by Crippen LogP contribution is 2.23. The minimum Gasteiger partial charge on any atom is -0.461 e. The number of ether oxygens (including phenoxy) is 2. The maximum absolute atomic E-state index is 12.0. The number of aromatic nitrogens is 1. The van der Waals surface area contributed by atoms with Crippen molar-refractivity contribution in [1.82, 2.24) is 4.98 Å². The summed E-state index contributed by atoms with van der Waals surface area (Å²) in [5, 5.41) is 0. The van der Waals surface area contributed by atoms with Crippen molar-refractivity contribution in [2.45, 2.75) is 52.2 Å². The van der Waals surface area contributed by atoms with Gasteiger partial charge in [0.2, 0.25) is 0 Å². The fourth-order valence-electron chi connectivity index (χ4n) is 2.58. The summed E-state index contributed by atoms with van der Waals surface area (Å²) in [7, 11) is 0. The maximum atomic E-state index is 12.0. The fourth-order valence-corrected chi connectivity index (χ4v) is 2.58. The van der Waals surface area contributed by atoms with Crippen LogP contribution >= 0.6 is 0 Å². The van der Waals surface area contributed by atoms with Gasteiger partial charge in [-0.05, 0) is 26.7 Å². The van der Waals surface area contributed by atoms with Gasteiger partial charge in [0.25, 0.3) is 6.01 Å². The van der Waals surface area contributed by atoms with Crippen molar-refractivity contribution < 1.29 is 18.7 Å². The summed E-state index contributed by atoms with van der Waals surface area (Å²) in [5.41, 5.74) is 6.33. The molecular weight excluding hydrogens is 298 g/mol. The molecule has 7 nitrogen and oxygen atoms in total. The molecule has 0 saturated carbocycles. The van der Waals surface area contributed by atoms with E-state index >= 15 is 0 Å². The number of esters is 1. The van der Waals surface area contributed by atoms with Crippen molar-refractivity contribution in [3.05, 3.63) is 11.5 Å². The summed E-state index contributed by atoms with van der Waals surface area (Å²) >= 11 is 0. The Bertz CT molecular complexity index is 517. The molecule has 2 atom stereocenters. The van der Waals surface area contributed by atoms with E-state index < -0.39 is 5.97 Å². The zero-order chi connectivity index (χ0) is 16.8. The van der Waals surface area contributed by atoms with E-state index in [9.17, 15) is 4.79 Å². The van der Waals surface area contributed by atoms with Crippen molar-refractivity contribution in [2.24, 2.45) is 5.73 Å². The third kappa shape index (κ3) is 4.45. The van der Waals surface area contributed by atoms with Crippen molar-refractivity contribution >= 4 is 12.0 Å². The average Bonchev–Trinajstić information content (AvgIpc) is 2.92. The van der Waals surface area contributed by atoms with E-state index in [1.54, 1.807) is 6.92 Å². The van der Waals surface area contributed by atoms with E-state index in [4.69, 9.17) is 19.6 Å². The molecule has 0 amide bonds. The largest absolute Gasteiger partial charge is 0.461 e. The predicted molar refractivity (Wildman–Crippen MR) is 86.6 cm³/mol. The zero-order valence-electron chi connectivity index (χ0n) is 14.2. The number of nitrogens with two attached hydrogens (primary N) is 1. The van der Waals surface area contributed by atoms with Crippen LogP contribution in [0.1, 0.15) is 49.4 Å². The lowest BCUT2D eigenvalue weighted by atomic mass is 10.0. The second-order valence-corrected chi connectivity index (χ2v) is 5.78. The fraction of sp³-hybridized carbons (Fsp3) is 0.750. The van der Waals surface area contributed by atoms with Crippen LogP contribution in [0, 0.1) is 6.92 Å². The number of anilines is 1. The van der Waals surface area contributed by atoms with Crippen LogP contribution in [0.25, 0.3) is 0 Å². The van der Waals surface area contributed by atoms with Crippen LogP contribution in [-0.4, -0.2) is 49.4 Å². The van der Waals surface area contributed by atoms with E-state index in [2.05, 4.69) is 4.98 Å². The molecule has 2 rings (SSSR count). The summed E-state index contributed by atoms with van der Waals surface area (Å²) < 4.78 is 16.5. The molecule has 2 heterocycles. The van der Waals surface area contributed by atoms with Gasteiger partial charge in [0.05, 0.1) is 19.3 Å². The Balaban J connectivity index is 2.03. The first-order chi connectivity index (χ1) is 11.1. The molecule has 1 aliphatic rings. The summed E-state index contributed by atoms with van der Waals surface area (Å²) in [6, 6.07) is 0.447. The van der Waals surface area contributed by atoms with Gasteiger partial charge in [-0.2, -0.15) is 4.98 Å². The van der Waals surface area contributed by atoms with E-state index in [1.165, 1.54) is 0 Å². The van der Waals surface area contributed by atoms with Gasteiger partial charge in [0.15, 0.2) is 5.69 Å². The average molecular weight is 325 g/mol. The van der Waals surface area contributed by atoms with Crippen molar-refractivity contribution in [3.8, 4) is 0 Å².